The first-order valence-corrected chi connectivity index (χ1v) is 4.90. The number of benzene rings is 1. The molecule has 0 aliphatic heterocycles. The van der Waals surface area contributed by atoms with Crippen molar-refractivity contribution in [1.29, 1.82) is 0 Å². The quantitative estimate of drug-likeness (QED) is 0.620. The van der Waals surface area contributed by atoms with Gasteiger partial charge in [0.05, 0.1) is 5.69 Å². The van der Waals surface area contributed by atoms with Crippen molar-refractivity contribution in [1.82, 2.24) is 0 Å². The van der Waals surface area contributed by atoms with Crippen LogP contribution < -0.4 is 0 Å². The number of aliphatic imine (C=N–C) groups is 1. The molecular weight excluding hydrogens is 158 g/mol. The predicted molar refractivity (Wildman–Crippen MR) is 58.9 cm³/mol. The lowest BCUT2D eigenvalue weighted by molar-refractivity contribution is 1.13. The van der Waals surface area contributed by atoms with Crippen molar-refractivity contribution >= 4 is 11.4 Å². The lowest BCUT2D eigenvalue weighted by atomic mass is 10.1. The first kappa shape index (κ1) is 9.97. The van der Waals surface area contributed by atoms with Gasteiger partial charge < -0.3 is 0 Å². The molecule has 1 rings (SSSR count). The summed E-state index contributed by atoms with van der Waals surface area (Å²) in [6, 6.07) is 8.33. The SMILES string of the molecule is CCC(C)=Nc1ccccc1CC. The highest BCUT2D eigenvalue weighted by Gasteiger charge is 1.96. The van der Waals surface area contributed by atoms with Crippen molar-refractivity contribution < 1.29 is 0 Å². The molecule has 0 saturated carbocycles. The summed E-state index contributed by atoms with van der Waals surface area (Å²) >= 11 is 0. The number of hydrogen-bond donors (Lipinski definition) is 0. The number of para-hydroxylation sites is 1. The van der Waals surface area contributed by atoms with Crippen molar-refractivity contribution in [3.63, 3.8) is 0 Å². The van der Waals surface area contributed by atoms with Gasteiger partial charge in [0.2, 0.25) is 0 Å². The molecule has 0 radical (unpaired) electrons. The van der Waals surface area contributed by atoms with Crippen LogP contribution in [0.2, 0.25) is 0 Å². The predicted octanol–water partition coefficient (Wildman–Crippen LogP) is 3.75. The van der Waals surface area contributed by atoms with E-state index in [0.717, 1.165) is 18.5 Å². The molecule has 0 fully saturated rings. The van der Waals surface area contributed by atoms with Gasteiger partial charge in [-0.05, 0) is 31.4 Å². The summed E-state index contributed by atoms with van der Waals surface area (Å²) in [6.07, 6.45) is 2.08. The minimum atomic E-state index is 1.03. The van der Waals surface area contributed by atoms with Gasteiger partial charge in [-0.25, -0.2) is 0 Å². The number of aryl methyl sites for hydroxylation is 1. The molecular formula is C12H17N. The van der Waals surface area contributed by atoms with Gasteiger partial charge in [-0.3, -0.25) is 4.99 Å². The minimum absolute atomic E-state index is 1.03. The number of rotatable bonds is 3. The smallest absolute Gasteiger partial charge is 0.0660 e. The average molecular weight is 175 g/mol. The van der Waals surface area contributed by atoms with Crippen LogP contribution in [0, 0.1) is 0 Å². The molecule has 0 saturated heterocycles. The van der Waals surface area contributed by atoms with E-state index >= 15 is 0 Å². The Labute approximate surface area is 80.5 Å². The van der Waals surface area contributed by atoms with Crippen molar-refractivity contribution in [3.8, 4) is 0 Å². The van der Waals surface area contributed by atoms with Crippen molar-refractivity contribution in [2.24, 2.45) is 4.99 Å². The Morgan fingerprint density at radius 2 is 1.92 bits per heavy atom. The summed E-state index contributed by atoms with van der Waals surface area (Å²) in [7, 11) is 0. The molecule has 0 unspecified atom stereocenters. The molecule has 0 atom stereocenters. The van der Waals surface area contributed by atoms with Gasteiger partial charge in [0.1, 0.15) is 0 Å². The Hall–Kier alpha value is -1.11. The van der Waals surface area contributed by atoms with Crippen molar-refractivity contribution in [2.75, 3.05) is 0 Å². The molecule has 0 spiro atoms. The summed E-state index contributed by atoms with van der Waals surface area (Å²) in [5.41, 5.74) is 3.65. The Kier molecular flexibility index (Phi) is 3.69. The second-order valence-electron chi connectivity index (χ2n) is 3.18. The third-order valence-electron chi connectivity index (χ3n) is 2.20. The standard InChI is InChI=1S/C12H17N/c1-4-10(3)13-12-9-7-6-8-11(12)5-2/h6-9H,4-5H2,1-3H3. The topological polar surface area (TPSA) is 12.4 Å². The molecule has 1 aromatic rings. The summed E-state index contributed by atoms with van der Waals surface area (Å²) in [5, 5.41) is 0. The van der Waals surface area contributed by atoms with E-state index in [1.165, 1.54) is 11.3 Å². The van der Waals surface area contributed by atoms with Crippen LogP contribution in [-0.4, -0.2) is 5.71 Å². The zero-order chi connectivity index (χ0) is 9.68. The molecule has 0 aromatic heterocycles. The van der Waals surface area contributed by atoms with Crippen LogP contribution in [0.25, 0.3) is 0 Å². The molecule has 0 aliphatic rings. The Morgan fingerprint density at radius 3 is 2.54 bits per heavy atom. The third kappa shape index (κ3) is 2.69. The van der Waals surface area contributed by atoms with Crippen molar-refractivity contribution in [3.05, 3.63) is 29.8 Å². The maximum absolute atomic E-state index is 4.56. The number of nitrogens with zero attached hydrogens (tertiary/aromatic N) is 1. The first-order chi connectivity index (χ1) is 6.27. The molecule has 70 valence electrons. The van der Waals surface area contributed by atoms with E-state index in [1.54, 1.807) is 0 Å². The summed E-state index contributed by atoms with van der Waals surface area (Å²) in [5.74, 6) is 0. The maximum atomic E-state index is 4.56. The van der Waals surface area contributed by atoms with Crippen LogP contribution in [-0.2, 0) is 6.42 Å². The average Bonchev–Trinajstić information content (AvgIpc) is 2.18. The van der Waals surface area contributed by atoms with Crippen LogP contribution in [0.1, 0.15) is 32.8 Å². The molecule has 1 nitrogen and oxygen atoms in total. The van der Waals surface area contributed by atoms with Crippen LogP contribution >= 0.6 is 0 Å². The monoisotopic (exact) mass is 175 g/mol. The van der Waals surface area contributed by atoms with Gasteiger partial charge in [-0.15, -0.1) is 0 Å². The molecule has 0 aliphatic carbocycles. The molecule has 13 heavy (non-hydrogen) atoms. The lowest BCUT2D eigenvalue weighted by Crippen LogP contribution is -1.87. The van der Waals surface area contributed by atoms with E-state index in [1.807, 2.05) is 6.07 Å². The van der Waals surface area contributed by atoms with E-state index in [-0.39, 0.29) is 0 Å². The van der Waals surface area contributed by atoms with Gasteiger partial charge in [0, 0.05) is 5.71 Å². The van der Waals surface area contributed by atoms with Gasteiger partial charge in [0.15, 0.2) is 0 Å². The normalized spacial score (nSPS) is 11.8. The van der Waals surface area contributed by atoms with E-state index in [2.05, 4.69) is 44.0 Å². The zero-order valence-corrected chi connectivity index (χ0v) is 8.67. The van der Waals surface area contributed by atoms with E-state index in [9.17, 15) is 0 Å². The van der Waals surface area contributed by atoms with Crippen molar-refractivity contribution in [2.45, 2.75) is 33.6 Å². The molecule has 1 heteroatoms. The summed E-state index contributed by atoms with van der Waals surface area (Å²) < 4.78 is 0. The largest absolute Gasteiger partial charge is 0.258 e. The molecule has 0 heterocycles. The van der Waals surface area contributed by atoms with E-state index < -0.39 is 0 Å². The van der Waals surface area contributed by atoms with Gasteiger partial charge in [0.25, 0.3) is 0 Å². The van der Waals surface area contributed by atoms with Crippen LogP contribution in [0.5, 0.6) is 0 Å². The van der Waals surface area contributed by atoms with Crippen LogP contribution in [0.3, 0.4) is 0 Å². The second kappa shape index (κ2) is 4.80. The summed E-state index contributed by atoms with van der Waals surface area (Å²) in [4.78, 5) is 4.56. The minimum Gasteiger partial charge on any atom is -0.258 e. The maximum Gasteiger partial charge on any atom is 0.0660 e. The van der Waals surface area contributed by atoms with Crippen LogP contribution in [0.15, 0.2) is 29.3 Å². The molecule has 0 amide bonds. The van der Waals surface area contributed by atoms with Gasteiger partial charge >= 0.3 is 0 Å². The highest BCUT2D eigenvalue weighted by molar-refractivity contribution is 5.84. The molecule has 0 bridgehead atoms. The van der Waals surface area contributed by atoms with Crippen LogP contribution in [0.4, 0.5) is 5.69 Å². The fourth-order valence-corrected chi connectivity index (χ4v) is 1.20. The molecule has 0 N–H and O–H groups in total. The summed E-state index contributed by atoms with van der Waals surface area (Å²) in [6.45, 7) is 6.37. The third-order valence-corrected chi connectivity index (χ3v) is 2.20. The Balaban J connectivity index is 2.99. The highest BCUT2D eigenvalue weighted by Crippen LogP contribution is 2.19. The second-order valence-corrected chi connectivity index (χ2v) is 3.18. The first-order valence-electron chi connectivity index (χ1n) is 4.90. The van der Waals surface area contributed by atoms with E-state index in [4.69, 9.17) is 0 Å². The highest BCUT2D eigenvalue weighted by atomic mass is 14.7. The fraction of sp³-hybridized carbons (Fsp3) is 0.417. The lowest BCUT2D eigenvalue weighted by Gasteiger charge is -2.02. The molecule has 1 aromatic carbocycles. The van der Waals surface area contributed by atoms with Gasteiger partial charge in [-0.2, -0.15) is 0 Å². The Bertz CT molecular complexity index is 300. The van der Waals surface area contributed by atoms with Gasteiger partial charge in [-0.1, -0.05) is 32.0 Å². The Morgan fingerprint density at radius 1 is 1.23 bits per heavy atom. The fourth-order valence-electron chi connectivity index (χ4n) is 1.20. The zero-order valence-electron chi connectivity index (χ0n) is 8.67. The van der Waals surface area contributed by atoms with E-state index in [0.29, 0.717) is 0 Å². The number of hydrogen-bond acceptors (Lipinski definition) is 1.